The number of nitrogens with zero attached hydrogens (tertiary/aromatic N) is 2. The lowest BCUT2D eigenvalue weighted by Crippen LogP contribution is -1.93. The average molecular weight is 647 g/mol. The molecule has 0 amide bonds. The van der Waals surface area contributed by atoms with Crippen molar-refractivity contribution >= 4 is 70.4 Å². The van der Waals surface area contributed by atoms with Gasteiger partial charge >= 0.3 is 0 Å². The molecule has 0 bridgehead atoms. The Kier molecular flexibility index (Phi) is 8.21. The van der Waals surface area contributed by atoms with Gasteiger partial charge < -0.3 is 11.1 Å². The first-order valence-corrected chi connectivity index (χ1v) is 16.6. The van der Waals surface area contributed by atoms with E-state index in [9.17, 15) is 10.5 Å². The van der Waals surface area contributed by atoms with Crippen LogP contribution < -0.4 is 5.73 Å². The molecule has 1 heterocycles. The highest BCUT2D eigenvalue weighted by Crippen LogP contribution is 2.47. The van der Waals surface area contributed by atoms with E-state index in [0.717, 1.165) is 66.7 Å². The number of fused-ring (bicyclic) bond motifs is 5. The summed E-state index contributed by atoms with van der Waals surface area (Å²) in [6.07, 6.45) is 5.85. The second-order valence-corrected chi connectivity index (χ2v) is 13.0. The Morgan fingerprint density at radius 1 is 0.653 bits per heavy atom. The zero-order chi connectivity index (χ0) is 34.1. The first kappa shape index (κ1) is 31.1. The van der Waals surface area contributed by atoms with Crippen molar-refractivity contribution in [3.05, 3.63) is 156 Å². The van der Waals surface area contributed by atoms with Gasteiger partial charge in [0.05, 0.1) is 11.1 Å². The summed E-state index contributed by atoms with van der Waals surface area (Å²) in [6.45, 7) is 6.23. The first-order chi connectivity index (χ1) is 23.9. The molecular weight excluding hydrogens is 617 g/mol. The molecule has 0 atom stereocenters. The number of thiophene rings is 1. The van der Waals surface area contributed by atoms with E-state index < -0.39 is 0 Å². The van der Waals surface area contributed by atoms with Crippen LogP contribution in [0.25, 0.3) is 75.1 Å². The number of benzene rings is 6. The van der Waals surface area contributed by atoms with Crippen molar-refractivity contribution in [2.24, 2.45) is 5.73 Å². The van der Waals surface area contributed by atoms with Crippen molar-refractivity contribution in [3.8, 4) is 34.4 Å². The van der Waals surface area contributed by atoms with E-state index in [1.807, 2.05) is 25.1 Å². The Hall–Kier alpha value is -6.53. The van der Waals surface area contributed by atoms with Gasteiger partial charge in [0.25, 0.3) is 0 Å². The van der Waals surface area contributed by atoms with Gasteiger partial charge in [-0.25, -0.2) is 0 Å². The van der Waals surface area contributed by atoms with Crippen molar-refractivity contribution in [3.63, 3.8) is 0 Å². The molecule has 0 unspecified atom stereocenters. The lowest BCUT2D eigenvalue weighted by molar-refractivity contribution is 1.45. The standard InChI is InChI=1S/C44H30N4S/c1-27(17-29(23-45)24-46)31-9-7-11-33(19-31)43-36-14-3-4-15-37(36)44(34-12-8-10-32(20-34)28(2)18-30(25-47)26-48)40-22-42-38(21-39(40)43)35-13-5-6-16-41(35)49-42/h3-23,25,47H,2,45H2,1H3/b27-17+,29-23+,30-18+,47-25?. The summed E-state index contributed by atoms with van der Waals surface area (Å²) in [5.41, 5.74) is 14.3. The van der Waals surface area contributed by atoms with Crippen LogP contribution in [0.15, 0.2) is 145 Å². The van der Waals surface area contributed by atoms with Crippen LogP contribution in [0.1, 0.15) is 18.1 Å². The minimum absolute atomic E-state index is 0.248. The van der Waals surface area contributed by atoms with E-state index in [0.29, 0.717) is 11.1 Å². The van der Waals surface area contributed by atoms with E-state index in [1.54, 1.807) is 17.4 Å². The minimum atomic E-state index is 0.248. The molecular formula is C44H30N4S. The number of allylic oxidation sites excluding steroid dienone is 6. The van der Waals surface area contributed by atoms with Crippen molar-refractivity contribution in [2.45, 2.75) is 6.92 Å². The highest BCUT2D eigenvalue weighted by molar-refractivity contribution is 7.25. The predicted octanol–water partition coefficient (Wildman–Crippen LogP) is 11.6. The second kappa shape index (κ2) is 12.9. The van der Waals surface area contributed by atoms with Crippen molar-refractivity contribution < 1.29 is 0 Å². The highest BCUT2D eigenvalue weighted by Gasteiger charge is 2.19. The third-order valence-electron chi connectivity index (χ3n) is 8.94. The average Bonchev–Trinajstić information content (AvgIpc) is 3.51. The van der Waals surface area contributed by atoms with Crippen LogP contribution in [-0.2, 0) is 0 Å². The molecule has 0 radical (unpaired) electrons. The smallest absolute Gasteiger partial charge is 0.101 e. The van der Waals surface area contributed by atoms with Crippen LogP contribution in [0.3, 0.4) is 0 Å². The molecule has 0 saturated heterocycles. The number of hydrogen-bond donors (Lipinski definition) is 2. The number of nitriles is 2. The van der Waals surface area contributed by atoms with Crippen molar-refractivity contribution in [1.29, 1.82) is 15.9 Å². The van der Waals surface area contributed by atoms with E-state index in [-0.39, 0.29) is 5.57 Å². The maximum Gasteiger partial charge on any atom is 0.101 e. The molecule has 7 aromatic rings. The van der Waals surface area contributed by atoms with Crippen LogP contribution in [0.4, 0.5) is 0 Å². The van der Waals surface area contributed by atoms with Crippen LogP contribution in [0.5, 0.6) is 0 Å². The Labute approximate surface area is 288 Å². The Morgan fingerprint density at radius 2 is 1.24 bits per heavy atom. The number of nitrogens with two attached hydrogens (primary N) is 1. The normalized spacial score (nSPS) is 12.3. The van der Waals surface area contributed by atoms with E-state index in [2.05, 4.69) is 116 Å². The quantitative estimate of drug-likeness (QED) is 0.0780. The Morgan fingerprint density at radius 3 is 1.88 bits per heavy atom. The maximum atomic E-state index is 9.49. The van der Waals surface area contributed by atoms with Gasteiger partial charge in [-0.1, -0.05) is 85.4 Å². The van der Waals surface area contributed by atoms with Gasteiger partial charge in [-0.3, -0.25) is 0 Å². The molecule has 0 spiro atoms. The summed E-state index contributed by atoms with van der Waals surface area (Å²) in [7, 11) is 0. The fourth-order valence-corrected chi connectivity index (χ4v) is 7.75. The molecule has 4 nitrogen and oxygen atoms in total. The summed E-state index contributed by atoms with van der Waals surface area (Å²) in [4.78, 5) is 0. The van der Waals surface area contributed by atoms with E-state index >= 15 is 0 Å². The lowest BCUT2D eigenvalue weighted by Gasteiger charge is -2.19. The maximum absolute atomic E-state index is 9.49. The van der Waals surface area contributed by atoms with Gasteiger partial charge in [0, 0.05) is 32.6 Å². The third-order valence-corrected chi connectivity index (χ3v) is 10.1. The van der Waals surface area contributed by atoms with Gasteiger partial charge in [-0.05, 0) is 115 Å². The summed E-state index contributed by atoms with van der Waals surface area (Å²) in [5.74, 6) is 0. The number of hydrogen-bond acceptors (Lipinski definition) is 5. The predicted molar refractivity (Wildman–Crippen MR) is 208 cm³/mol. The second-order valence-electron chi connectivity index (χ2n) is 11.9. The zero-order valence-corrected chi connectivity index (χ0v) is 27.6. The molecule has 6 aromatic carbocycles. The number of rotatable bonds is 7. The van der Waals surface area contributed by atoms with Crippen molar-refractivity contribution in [1.82, 2.24) is 0 Å². The van der Waals surface area contributed by atoms with Gasteiger partial charge in [-0.15, -0.1) is 11.3 Å². The molecule has 49 heavy (non-hydrogen) atoms. The van der Waals surface area contributed by atoms with Crippen LogP contribution in [0, 0.1) is 28.1 Å². The molecule has 232 valence electrons. The zero-order valence-electron chi connectivity index (χ0n) is 26.8. The van der Waals surface area contributed by atoms with Gasteiger partial charge in [0.15, 0.2) is 0 Å². The van der Waals surface area contributed by atoms with Crippen molar-refractivity contribution in [2.75, 3.05) is 0 Å². The summed E-state index contributed by atoms with van der Waals surface area (Å²) >= 11 is 1.80. The molecule has 1 aromatic heterocycles. The SMILES string of the molecule is C=C(/C=C(/C#N)C=N)c1cccc(-c2c3ccccc3c(-c3cccc(/C(C)=C/C(C#N)=C\N)c3)c3cc4c(cc23)sc2ccccc24)c1. The Bertz CT molecular complexity index is 2690. The van der Waals surface area contributed by atoms with Gasteiger partial charge in [-0.2, -0.15) is 10.5 Å². The van der Waals surface area contributed by atoms with Crippen LogP contribution in [0.2, 0.25) is 0 Å². The molecule has 0 aliphatic heterocycles. The van der Waals surface area contributed by atoms with Gasteiger partial charge in [0.2, 0.25) is 0 Å². The highest BCUT2D eigenvalue weighted by atomic mass is 32.1. The monoisotopic (exact) mass is 646 g/mol. The van der Waals surface area contributed by atoms with E-state index in [4.69, 9.17) is 11.1 Å². The van der Waals surface area contributed by atoms with Crippen LogP contribution >= 0.6 is 11.3 Å². The number of nitrogens with one attached hydrogen (secondary N) is 1. The fourth-order valence-electron chi connectivity index (χ4n) is 6.62. The van der Waals surface area contributed by atoms with E-state index in [1.165, 1.54) is 26.4 Å². The van der Waals surface area contributed by atoms with Gasteiger partial charge in [0.1, 0.15) is 12.1 Å². The first-order valence-electron chi connectivity index (χ1n) is 15.8. The Balaban J connectivity index is 1.57. The molecule has 0 aliphatic carbocycles. The fraction of sp³-hybridized carbons (Fsp3) is 0.0227. The molecule has 0 aliphatic rings. The van der Waals surface area contributed by atoms with Crippen LogP contribution in [-0.4, -0.2) is 6.21 Å². The molecule has 5 heteroatoms. The topological polar surface area (TPSA) is 97.5 Å². The summed E-state index contributed by atoms with van der Waals surface area (Å²) in [5, 5.41) is 33.5. The molecule has 0 saturated carbocycles. The minimum Gasteiger partial charge on any atom is -0.404 e. The molecule has 3 N–H and O–H groups in total. The molecule has 0 fully saturated rings. The third kappa shape index (κ3) is 5.59. The summed E-state index contributed by atoms with van der Waals surface area (Å²) in [6, 6.07) is 42.8. The largest absolute Gasteiger partial charge is 0.404 e. The summed E-state index contributed by atoms with van der Waals surface area (Å²) < 4.78 is 2.46. The lowest BCUT2D eigenvalue weighted by atomic mass is 9.84. The molecule has 7 rings (SSSR count).